The van der Waals surface area contributed by atoms with Crippen molar-refractivity contribution in [3.63, 3.8) is 0 Å². The quantitative estimate of drug-likeness (QED) is 0.375. The highest BCUT2D eigenvalue weighted by Gasteiger charge is 2.74. The van der Waals surface area contributed by atoms with Crippen molar-refractivity contribution in [1.29, 1.82) is 0 Å². The van der Waals surface area contributed by atoms with Crippen LogP contribution in [-0.2, 0) is 23.7 Å². The van der Waals surface area contributed by atoms with Gasteiger partial charge in [-0.3, -0.25) is 10.5 Å². The first-order chi connectivity index (χ1) is 14.6. The van der Waals surface area contributed by atoms with E-state index in [1.807, 2.05) is 0 Å². The second kappa shape index (κ2) is 6.95. The Kier molecular flexibility index (Phi) is 4.66. The van der Waals surface area contributed by atoms with Gasteiger partial charge in [-0.25, -0.2) is 14.0 Å². The van der Waals surface area contributed by atoms with Crippen molar-refractivity contribution < 1.29 is 42.8 Å². The number of carbonyl (C=O) groups is 3. The second-order valence-electron chi connectivity index (χ2n) is 10.2. The van der Waals surface area contributed by atoms with E-state index >= 15 is 0 Å². The summed E-state index contributed by atoms with van der Waals surface area (Å²) < 4.78 is 34.7. The Bertz CT molecular complexity index is 769. The van der Waals surface area contributed by atoms with Crippen LogP contribution in [0, 0.1) is 35.5 Å². The van der Waals surface area contributed by atoms with Crippen molar-refractivity contribution in [2.24, 2.45) is 41.2 Å². The Morgan fingerprint density at radius 3 is 2.13 bits per heavy atom. The van der Waals surface area contributed by atoms with E-state index in [9.17, 15) is 18.8 Å². The third kappa shape index (κ3) is 3.52. The molecule has 6 rings (SSSR count). The molecule has 6 atom stereocenters. The van der Waals surface area contributed by atoms with Crippen LogP contribution in [0.25, 0.3) is 0 Å². The Morgan fingerprint density at radius 1 is 1.00 bits per heavy atom. The Morgan fingerprint density at radius 2 is 1.58 bits per heavy atom. The van der Waals surface area contributed by atoms with Crippen LogP contribution in [0.2, 0.25) is 0 Å². The minimum atomic E-state index is -2.07. The molecule has 6 aliphatic carbocycles. The minimum absolute atomic E-state index is 0.0858. The molecule has 0 heterocycles. The number of alkyl halides is 1. The summed E-state index contributed by atoms with van der Waals surface area (Å²) in [5, 5.41) is 8.82. The Balaban J connectivity index is 1.13. The van der Waals surface area contributed by atoms with Gasteiger partial charge in [0.15, 0.2) is 6.17 Å². The molecular formula is C21H28FNO8. The third-order valence-electron chi connectivity index (χ3n) is 8.02. The maximum Gasteiger partial charge on any atom is 0.511 e. The van der Waals surface area contributed by atoms with Crippen molar-refractivity contribution in [3.05, 3.63) is 0 Å². The smallest absolute Gasteiger partial charge is 0.450 e. The molecule has 6 fully saturated rings. The normalized spacial score (nSPS) is 47.3. The monoisotopic (exact) mass is 441 g/mol. The summed E-state index contributed by atoms with van der Waals surface area (Å²) in [7, 11) is 0. The van der Waals surface area contributed by atoms with E-state index in [1.165, 1.54) is 26.2 Å². The molecule has 1 unspecified atom stereocenters. The number of halogens is 1. The first-order valence-corrected chi connectivity index (χ1v) is 11.0. The maximum atomic E-state index is 14.1. The van der Waals surface area contributed by atoms with Crippen molar-refractivity contribution >= 4 is 18.3 Å². The highest BCUT2D eigenvalue weighted by molar-refractivity contribution is 5.78. The van der Waals surface area contributed by atoms with Crippen molar-refractivity contribution in [2.75, 3.05) is 0 Å². The van der Waals surface area contributed by atoms with Crippen LogP contribution < -0.4 is 5.73 Å². The molecule has 31 heavy (non-hydrogen) atoms. The maximum absolute atomic E-state index is 14.1. The van der Waals surface area contributed by atoms with E-state index in [0.717, 1.165) is 19.3 Å². The molecule has 0 aliphatic heterocycles. The van der Waals surface area contributed by atoms with Crippen molar-refractivity contribution in [2.45, 2.75) is 75.7 Å². The molecule has 10 heteroatoms. The SMILES string of the molecule is CC(OC(=O)OC12CC3CC(CC(C3)C1)C2)OC(=O)[C@H]1[C@@H]2C[C@H](F)[C@@](N)(OC(=O)O)[C@@H]21. The number of carboxylic acid groups (broad SMARTS) is 1. The number of carbonyl (C=O) groups excluding carboxylic acids is 2. The number of ether oxygens (including phenoxy) is 4. The number of rotatable bonds is 5. The van der Waals surface area contributed by atoms with Crippen LogP contribution in [0.1, 0.15) is 51.9 Å². The summed E-state index contributed by atoms with van der Waals surface area (Å²) >= 11 is 0. The topological polar surface area (TPSA) is 134 Å². The molecule has 9 nitrogen and oxygen atoms in total. The molecule has 4 bridgehead atoms. The number of hydrogen-bond acceptors (Lipinski definition) is 8. The largest absolute Gasteiger partial charge is 0.511 e. The van der Waals surface area contributed by atoms with Gasteiger partial charge in [-0.15, -0.1) is 0 Å². The first-order valence-electron chi connectivity index (χ1n) is 11.0. The molecule has 0 aromatic rings. The first kappa shape index (κ1) is 20.8. The van der Waals surface area contributed by atoms with Gasteiger partial charge in [0, 0.05) is 12.8 Å². The number of hydrogen-bond donors (Lipinski definition) is 2. The lowest BCUT2D eigenvalue weighted by atomic mass is 9.54. The number of nitrogens with two attached hydrogens (primary N) is 1. The van der Waals surface area contributed by atoms with Gasteiger partial charge in [0.2, 0.25) is 12.0 Å². The van der Waals surface area contributed by atoms with Gasteiger partial charge < -0.3 is 24.1 Å². The molecular weight excluding hydrogens is 413 g/mol. The van der Waals surface area contributed by atoms with Gasteiger partial charge in [0.25, 0.3) is 0 Å². The standard InChI is InChI=1S/C21H28FNO8/c1-9(28-17(24)15-13-5-14(22)21(23,16(13)15)30-18(25)26)29-19(27)31-20-6-10-2-11(7-20)4-12(3-10)8-20/h9-16H,2-8,23H2,1H3,(H,25,26)/t9?,10?,11?,12?,13-,14-,15-,16-,20?,21+/m0/s1. The zero-order valence-corrected chi connectivity index (χ0v) is 17.3. The molecule has 0 saturated heterocycles. The van der Waals surface area contributed by atoms with Gasteiger partial charge in [-0.1, -0.05) is 0 Å². The predicted octanol–water partition coefficient (Wildman–Crippen LogP) is 2.95. The van der Waals surface area contributed by atoms with E-state index in [0.29, 0.717) is 17.8 Å². The third-order valence-corrected chi connectivity index (χ3v) is 8.02. The predicted molar refractivity (Wildman–Crippen MR) is 100 cm³/mol. The highest BCUT2D eigenvalue weighted by Crippen LogP contribution is 2.63. The van der Waals surface area contributed by atoms with E-state index < -0.39 is 59.8 Å². The van der Waals surface area contributed by atoms with Crippen LogP contribution in [0.5, 0.6) is 0 Å². The van der Waals surface area contributed by atoms with Gasteiger partial charge in [-0.2, -0.15) is 0 Å². The van der Waals surface area contributed by atoms with Crippen molar-refractivity contribution in [1.82, 2.24) is 0 Å². The lowest BCUT2D eigenvalue weighted by Gasteiger charge is -2.55. The summed E-state index contributed by atoms with van der Waals surface area (Å²) in [6.07, 6.45) is 0.697. The summed E-state index contributed by atoms with van der Waals surface area (Å²) in [5.74, 6) is -0.954. The molecule has 0 aromatic carbocycles. The van der Waals surface area contributed by atoms with Crippen LogP contribution in [-0.4, -0.2) is 47.2 Å². The fourth-order valence-corrected chi connectivity index (χ4v) is 7.28. The van der Waals surface area contributed by atoms with Gasteiger partial charge in [0.05, 0.1) is 5.92 Å². The molecule has 0 radical (unpaired) electrons. The molecule has 6 aliphatic rings. The fourth-order valence-electron chi connectivity index (χ4n) is 7.28. The lowest BCUT2D eigenvalue weighted by molar-refractivity contribution is -0.183. The molecule has 3 N–H and O–H groups in total. The van der Waals surface area contributed by atoms with Crippen LogP contribution in [0.4, 0.5) is 14.0 Å². The minimum Gasteiger partial charge on any atom is -0.450 e. The van der Waals surface area contributed by atoms with Crippen LogP contribution in [0.15, 0.2) is 0 Å². The highest BCUT2D eigenvalue weighted by atomic mass is 19.1. The summed E-state index contributed by atoms with van der Waals surface area (Å²) in [5.41, 5.74) is 3.27. The lowest BCUT2D eigenvalue weighted by Crippen LogP contribution is -2.53. The van der Waals surface area contributed by atoms with E-state index in [2.05, 4.69) is 4.74 Å². The van der Waals surface area contributed by atoms with Gasteiger partial charge in [-0.05, 0) is 68.6 Å². The van der Waals surface area contributed by atoms with E-state index in [-0.39, 0.29) is 6.42 Å². The van der Waals surface area contributed by atoms with Crippen molar-refractivity contribution in [3.8, 4) is 0 Å². The van der Waals surface area contributed by atoms with E-state index in [4.69, 9.17) is 25.1 Å². The summed E-state index contributed by atoms with van der Waals surface area (Å²) in [4.78, 5) is 35.7. The summed E-state index contributed by atoms with van der Waals surface area (Å²) in [6.45, 7) is 1.40. The summed E-state index contributed by atoms with van der Waals surface area (Å²) in [6, 6.07) is 0. The zero-order valence-electron chi connectivity index (χ0n) is 17.3. The average molecular weight is 441 g/mol. The molecule has 0 aromatic heterocycles. The van der Waals surface area contributed by atoms with Gasteiger partial charge >= 0.3 is 18.3 Å². The molecule has 172 valence electrons. The average Bonchev–Trinajstić information content (AvgIpc) is 3.27. The van der Waals surface area contributed by atoms with Gasteiger partial charge in [0.1, 0.15) is 5.60 Å². The number of fused-ring (bicyclic) bond motifs is 1. The van der Waals surface area contributed by atoms with Crippen LogP contribution >= 0.6 is 0 Å². The molecule has 0 amide bonds. The van der Waals surface area contributed by atoms with E-state index in [1.54, 1.807) is 0 Å². The molecule has 6 saturated carbocycles. The Hall–Kier alpha value is -2.10. The zero-order chi connectivity index (χ0) is 22.1. The molecule has 0 spiro atoms. The van der Waals surface area contributed by atoms with Crippen LogP contribution in [0.3, 0.4) is 0 Å². The second-order valence-corrected chi connectivity index (χ2v) is 10.2. The Labute approximate surface area is 178 Å². The number of esters is 1. The fraction of sp³-hybridized carbons (Fsp3) is 0.857.